The molecule has 0 atom stereocenters. The molecule has 0 spiro atoms. The highest BCUT2D eigenvalue weighted by atomic mass is 16.5. The van der Waals surface area contributed by atoms with Crippen molar-refractivity contribution >= 4 is 22.5 Å². The molecule has 1 N–H and O–H groups in total. The van der Waals surface area contributed by atoms with Crippen molar-refractivity contribution in [2.24, 2.45) is 0 Å². The molecule has 4 aromatic rings. The van der Waals surface area contributed by atoms with Gasteiger partial charge in [0.05, 0.1) is 23.7 Å². The van der Waals surface area contributed by atoms with Gasteiger partial charge in [-0.2, -0.15) is 0 Å². The number of rotatable bonds is 6. The van der Waals surface area contributed by atoms with Crippen molar-refractivity contribution in [3.05, 3.63) is 90.1 Å². The van der Waals surface area contributed by atoms with Crippen LogP contribution in [0.4, 0.5) is 5.69 Å². The quantitative estimate of drug-likeness (QED) is 0.413. The number of carbonyl (C=O) groups excluding carboxylic acids is 1. The topological polar surface area (TPSA) is 51.2 Å². The highest BCUT2D eigenvalue weighted by Gasteiger charge is 2.18. The van der Waals surface area contributed by atoms with E-state index < -0.39 is 0 Å². The number of carbonyl (C=O) groups is 1. The molecule has 1 aromatic heterocycles. The van der Waals surface area contributed by atoms with Gasteiger partial charge in [-0.05, 0) is 55.7 Å². The van der Waals surface area contributed by atoms with Crippen LogP contribution in [0.3, 0.4) is 0 Å². The summed E-state index contributed by atoms with van der Waals surface area (Å²) in [6.07, 6.45) is 0.249. The fourth-order valence-corrected chi connectivity index (χ4v) is 3.81. The Morgan fingerprint density at radius 3 is 2.39 bits per heavy atom. The number of benzene rings is 3. The number of pyridine rings is 1. The van der Waals surface area contributed by atoms with Gasteiger partial charge in [-0.1, -0.05) is 60.7 Å². The van der Waals surface area contributed by atoms with E-state index in [1.807, 2.05) is 81.4 Å². The number of ether oxygens (including phenoxy) is 1. The first-order valence-electron chi connectivity index (χ1n) is 10.5. The summed E-state index contributed by atoms with van der Waals surface area (Å²) in [4.78, 5) is 17.9. The lowest BCUT2D eigenvalue weighted by Crippen LogP contribution is -2.17. The molecule has 0 saturated carbocycles. The van der Waals surface area contributed by atoms with Gasteiger partial charge in [0.1, 0.15) is 5.75 Å². The Hall–Kier alpha value is -3.66. The maximum absolute atomic E-state index is 13.1. The van der Waals surface area contributed by atoms with Crippen molar-refractivity contribution in [1.82, 2.24) is 4.98 Å². The summed E-state index contributed by atoms with van der Waals surface area (Å²) in [7, 11) is 0. The number of hydrogen-bond donors (Lipinski definition) is 1. The first-order chi connectivity index (χ1) is 15.0. The predicted molar refractivity (Wildman–Crippen MR) is 126 cm³/mol. The minimum absolute atomic E-state index is 0.0228. The third kappa shape index (κ3) is 4.58. The fourth-order valence-electron chi connectivity index (χ4n) is 3.81. The largest absolute Gasteiger partial charge is 0.489 e. The molecular weight excluding hydrogens is 384 g/mol. The van der Waals surface area contributed by atoms with Crippen LogP contribution >= 0.6 is 0 Å². The SMILES string of the molecule is Cc1nc2ccccc2c(-c2ccccc2)c1CC(=O)Nc1ccccc1OC(C)C. The van der Waals surface area contributed by atoms with Crippen LogP contribution in [0.25, 0.3) is 22.0 Å². The summed E-state index contributed by atoms with van der Waals surface area (Å²) >= 11 is 0. The number of amides is 1. The number of fused-ring (bicyclic) bond motifs is 1. The number of aromatic nitrogens is 1. The molecule has 4 nitrogen and oxygen atoms in total. The van der Waals surface area contributed by atoms with Crippen LogP contribution < -0.4 is 10.1 Å². The van der Waals surface area contributed by atoms with Crippen LogP contribution in [0.15, 0.2) is 78.9 Å². The van der Waals surface area contributed by atoms with Crippen LogP contribution in [0, 0.1) is 6.92 Å². The van der Waals surface area contributed by atoms with Crippen LogP contribution in [0.2, 0.25) is 0 Å². The number of aryl methyl sites for hydroxylation is 1. The van der Waals surface area contributed by atoms with E-state index in [4.69, 9.17) is 9.72 Å². The molecular formula is C27H26N2O2. The molecule has 0 saturated heterocycles. The van der Waals surface area contributed by atoms with Crippen LogP contribution in [-0.2, 0) is 11.2 Å². The molecule has 4 heteroatoms. The summed E-state index contributed by atoms with van der Waals surface area (Å²) < 4.78 is 5.84. The molecule has 0 radical (unpaired) electrons. The van der Waals surface area contributed by atoms with Crippen LogP contribution in [-0.4, -0.2) is 17.0 Å². The maximum Gasteiger partial charge on any atom is 0.228 e. The molecule has 3 aromatic carbocycles. The van der Waals surface area contributed by atoms with Crippen molar-refractivity contribution in [2.75, 3.05) is 5.32 Å². The Morgan fingerprint density at radius 2 is 1.61 bits per heavy atom. The van der Waals surface area contributed by atoms with E-state index in [-0.39, 0.29) is 18.4 Å². The minimum Gasteiger partial charge on any atom is -0.489 e. The number of para-hydroxylation sites is 3. The van der Waals surface area contributed by atoms with E-state index in [0.717, 1.165) is 33.3 Å². The third-order valence-corrected chi connectivity index (χ3v) is 5.12. The van der Waals surface area contributed by atoms with Gasteiger partial charge in [0.25, 0.3) is 0 Å². The molecule has 1 amide bonds. The van der Waals surface area contributed by atoms with E-state index in [9.17, 15) is 4.79 Å². The smallest absolute Gasteiger partial charge is 0.228 e. The number of anilines is 1. The maximum atomic E-state index is 13.1. The van der Waals surface area contributed by atoms with Crippen LogP contribution in [0.1, 0.15) is 25.1 Å². The standard InChI is InChI=1S/C27H26N2O2/c1-18(2)31-25-16-10-9-15-24(25)29-26(30)17-22-19(3)28-23-14-8-7-13-21(23)27(22)20-11-5-4-6-12-20/h4-16,18H,17H2,1-3H3,(H,29,30). The Balaban J connectivity index is 1.72. The Kier molecular flexibility index (Phi) is 5.99. The van der Waals surface area contributed by atoms with Crippen LogP contribution in [0.5, 0.6) is 5.75 Å². The summed E-state index contributed by atoms with van der Waals surface area (Å²) in [5.74, 6) is 0.569. The molecule has 0 aliphatic heterocycles. The first kappa shape index (κ1) is 20.6. The summed E-state index contributed by atoms with van der Waals surface area (Å²) in [5, 5.41) is 4.07. The average molecular weight is 411 g/mol. The molecule has 31 heavy (non-hydrogen) atoms. The van der Waals surface area contributed by atoms with E-state index in [2.05, 4.69) is 23.5 Å². The van der Waals surface area contributed by atoms with E-state index in [1.165, 1.54) is 0 Å². The summed E-state index contributed by atoms with van der Waals surface area (Å²) in [6.45, 7) is 5.90. The number of hydrogen-bond acceptors (Lipinski definition) is 3. The molecule has 1 heterocycles. The van der Waals surface area contributed by atoms with Crippen molar-refractivity contribution in [3.63, 3.8) is 0 Å². The molecule has 0 fully saturated rings. The molecule has 0 unspecified atom stereocenters. The molecule has 156 valence electrons. The second-order valence-corrected chi connectivity index (χ2v) is 7.82. The van der Waals surface area contributed by atoms with Gasteiger partial charge in [-0.3, -0.25) is 9.78 Å². The Bertz CT molecular complexity index is 1220. The highest BCUT2D eigenvalue weighted by molar-refractivity contribution is 6.00. The predicted octanol–water partition coefficient (Wildman–Crippen LogP) is 6.18. The van der Waals surface area contributed by atoms with E-state index in [0.29, 0.717) is 11.4 Å². The zero-order chi connectivity index (χ0) is 21.8. The van der Waals surface area contributed by atoms with Gasteiger partial charge in [0.15, 0.2) is 0 Å². The van der Waals surface area contributed by atoms with Gasteiger partial charge in [0.2, 0.25) is 5.91 Å². The molecule has 0 bridgehead atoms. The Labute approximate surface area is 182 Å². The van der Waals surface area contributed by atoms with Gasteiger partial charge in [0, 0.05) is 11.1 Å². The first-order valence-corrected chi connectivity index (χ1v) is 10.5. The zero-order valence-corrected chi connectivity index (χ0v) is 18.1. The second kappa shape index (κ2) is 9.00. The van der Waals surface area contributed by atoms with E-state index in [1.54, 1.807) is 0 Å². The lowest BCUT2D eigenvalue weighted by Gasteiger charge is -2.17. The molecule has 0 aliphatic rings. The Morgan fingerprint density at radius 1 is 0.935 bits per heavy atom. The van der Waals surface area contributed by atoms with Gasteiger partial charge < -0.3 is 10.1 Å². The normalized spacial score (nSPS) is 11.0. The summed E-state index contributed by atoms with van der Waals surface area (Å²) in [6, 6.07) is 25.8. The minimum atomic E-state index is -0.0998. The van der Waals surface area contributed by atoms with Crippen molar-refractivity contribution in [3.8, 4) is 16.9 Å². The number of nitrogens with one attached hydrogen (secondary N) is 1. The van der Waals surface area contributed by atoms with E-state index >= 15 is 0 Å². The lowest BCUT2D eigenvalue weighted by atomic mass is 9.92. The van der Waals surface area contributed by atoms with Gasteiger partial charge >= 0.3 is 0 Å². The van der Waals surface area contributed by atoms with Crippen molar-refractivity contribution in [1.29, 1.82) is 0 Å². The third-order valence-electron chi connectivity index (χ3n) is 5.12. The molecule has 4 rings (SSSR count). The average Bonchev–Trinajstić information content (AvgIpc) is 2.76. The van der Waals surface area contributed by atoms with Crippen molar-refractivity contribution < 1.29 is 9.53 Å². The zero-order valence-electron chi connectivity index (χ0n) is 18.1. The fraction of sp³-hybridized carbons (Fsp3) is 0.185. The van der Waals surface area contributed by atoms with Gasteiger partial charge in [-0.15, -0.1) is 0 Å². The number of nitrogens with zero attached hydrogens (tertiary/aromatic N) is 1. The monoisotopic (exact) mass is 410 g/mol. The van der Waals surface area contributed by atoms with Crippen molar-refractivity contribution in [2.45, 2.75) is 33.3 Å². The lowest BCUT2D eigenvalue weighted by molar-refractivity contribution is -0.115. The highest BCUT2D eigenvalue weighted by Crippen LogP contribution is 2.33. The van der Waals surface area contributed by atoms with Gasteiger partial charge in [-0.25, -0.2) is 0 Å². The molecule has 0 aliphatic carbocycles. The summed E-state index contributed by atoms with van der Waals surface area (Å²) in [5.41, 5.74) is 5.54. The second-order valence-electron chi connectivity index (χ2n) is 7.82.